The molecule has 2 heterocycles. The highest BCUT2D eigenvalue weighted by atomic mass is 127. The average molecular weight is 492 g/mol. The van der Waals surface area contributed by atoms with Crippen LogP contribution in [0.2, 0.25) is 0 Å². The van der Waals surface area contributed by atoms with Gasteiger partial charge in [0.25, 0.3) is 0 Å². The van der Waals surface area contributed by atoms with E-state index in [1.807, 2.05) is 6.07 Å². The number of rotatable bonds is 7. The second-order valence-corrected chi connectivity index (χ2v) is 6.94. The van der Waals surface area contributed by atoms with Crippen LogP contribution in [0, 0.1) is 0 Å². The summed E-state index contributed by atoms with van der Waals surface area (Å²) in [7, 11) is 1.68. The van der Waals surface area contributed by atoms with Crippen LogP contribution < -0.4 is 16.0 Å². The minimum atomic E-state index is 0. The van der Waals surface area contributed by atoms with Gasteiger partial charge in [0.15, 0.2) is 11.7 Å². The summed E-state index contributed by atoms with van der Waals surface area (Å²) in [6.45, 7) is 9.78. The summed E-state index contributed by atoms with van der Waals surface area (Å²) in [6.07, 6.45) is 1.97. The summed E-state index contributed by atoms with van der Waals surface area (Å²) in [6, 6.07) is 2.32. The van der Waals surface area contributed by atoms with Gasteiger partial charge in [-0.25, -0.2) is 4.99 Å². The zero-order chi connectivity index (χ0) is 18.9. The van der Waals surface area contributed by atoms with Gasteiger partial charge in [-0.15, -0.1) is 24.0 Å². The molecule has 9 heteroatoms. The van der Waals surface area contributed by atoms with Gasteiger partial charge < -0.3 is 20.5 Å². The lowest BCUT2D eigenvalue weighted by Gasteiger charge is -2.32. The van der Waals surface area contributed by atoms with Crippen LogP contribution in [0.3, 0.4) is 0 Å². The molecule has 0 radical (unpaired) electrons. The number of hydrogen-bond acceptors (Lipinski definition) is 5. The van der Waals surface area contributed by atoms with E-state index in [0.29, 0.717) is 25.0 Å². The van der Waals surface area contributed by atoms with Crippen molar-refractivity contribution in [1.29, 1.82) is 0 Å². The van der Waals surface area contributed by atoms with Crippen molar-refractivity contribution in [2.75, 3.05) is 33.2 Å². The van der Waals surface area contributed by atoms with Gasteiger partial charge in [0, 0.05) is 38.8 Å². The quantitative estimate of drug-likeness (QED) is 0.305. The Morgan fingerprint density at radius 2 is 2.11 bits per heavy atom. The van der Waals surface area contributed by atoms with Gasteiger partial charge in [0.05, 0.1) is 12.2 Å². The van der Waals surface area contributed by atoms with E-state index in [1.165, 1.54) is 0 Å². The van der Waals surface area contributed by atoms with Gasteiger partial charge in [0.2, 0.25) is 5.91 Å². The molecule has 1 amide bonds. The van der Waals surface area contributed by atoms with Gasteiger partial charge in [0.1, 0.15) is 6.54 Å². The topological polar surface area (TPSA) is 94.8 Å². The summed E-state index contributed by atoms with van der Waals surface area (Å²) in [4.78, 5) is 18.3. The first-order valence-electron chi connectivity index (χ1n) is 9.45. The first-order valence-corrected chi connectivity index (χ1v) is 9.45. The Morgan fingerprint density at radius 3 is 2.67 bits per heavy atom. The van der Waals surface area contributed by atoms with E-state index in [9.17, 15) is 4.79 Å². The number of carbonyl (C=O) groups excluding carboxylic acids is 1. The monoisotopic (exact) mass is 492 g/mol. The third kappa shape index (κ3) is 8.04. The van der Waals surface area contributed by atoms with E-state index in [1.54, 1.807) is 7.05 Å². The minimum Gasteiger partial charge on any atom is -0.359 e. The molecule has 1 aliphatic heterocycles. The second-order valence-electron chi connectivity index (χ2n) is 6.94. The van der Waals surface area contributed by atoms with E-state index in [2.05, 4.69) is 51.8 Å². The summed E-state index contributed by atoms with van der Waals surface area (Å²) in [5.41, 5.74) is 0.955. The van der Waals surface area contributed by atoms with Crippen molar-refractivity contribution in [3.05, 3.63) is 17.5 Å². The van der Waals surface area contributed by atoms with Crippen molar-refractivity contribution in [3.63, 3.8) is 0 Å². The van der Waals surface area contributed by atoms with Crippen LogP contribution in [0.25, 0.3) is 0 Å². The number of hydrogen-bond donors (Lipinski definition) is 3. The highest BCUT2D eigenvalue weighted by Crippen LogP contribution is 2.14. The number of halogens is 1. The van der Waals surface area contributed by atoms with Gasteiger partial charge in [-0.1, -0.05) is 19.0 Å². The molecule has 0 aromatic carbocycles. The molecule has 0 atom stereocenters. The van der Waals surface area contributed by atoms with E-state index in [4.69, 9.17) is 4.52 Å². The molecule has 0 unspecified atom stereocenters. The smallest absolute Gasteiger partial charge is 0.233 e. The fraction of sp³-hybridized carbons (Fsp3) is 0.722. The van der Waals surface area contributed by atoms with Crippen LogP contribution >= 0.6 is 24.0 Å². The Labute approximate surface area is 178 Å². The number of piperidine rings is 1. The molecule has 1 saturated heterocycles. The lowest BCUT2D eigenvalue weighted by Crippen LogP contribution is -2.50. The van der Waals surface area contributed by atoms with Crippen molar-refractivity contribution < 1.29 is 9.32 Å². The first kappa shape index (κ1) is 23.7. The van der Waals surface area contributed by atoms with Gasteiger partial charge in [-0.2, -0.15) is 0 Å². The predicted molar refractivity (Wildman–Crippen MR) is 117 cm³/mol. The van der Waals surface area contributed by atoms with Crippen molar-refractivity contribution >= 4 is 35.8 Å². The van der Waals surface area contributed by atoms with Gasteiger partial charge in [-0.05, 0) is 25.7 Å². The van der Waals surface area contributed by atoms with Crippen LogP contribution in [-0.2, 0) is 11.3 Å². The van der Waals surface area contributed by atoms with Crippen LogP contribution in [0.1, 0.15) is 51.0 Å². The summed E-state index contributed by atoms with van der Waals surface area (Å²) in [5, 5.41) is 13.5. The molecule has 0 aliphatic carbocycles. The number of nitrogens with zero attached hydrogens (tertiary/aromatic N) is 3. The Bertz CT molecular complexity index is 596. The number of likely N-dealkylation sites (N-methyl/N-ethyl adjacent to an activating group) is 1. The van der Waals surface area contributed by atoms with Gasteiger partial charge in [-0.3, -0.25) is 9.69 Å². The molecule has 0 bridgehead atoms. The molecule has 8 nitrogen and oxygen atoms in total. The second kappa shape index (κ2) is 12.2. The molecule has 0 spiro atoms. The number of aliphatic imine (C=N–C) groups is 1. The highest BCUT2D eigenvalue weighted by Gasteiger charge is 2.21. The molecule has 1 aromatic heterocycles. The molecule has 1 fully saturated rings. The van der Waals surface area contributed by atoms with Crippen LogP contribution in [-0.4, -0.2) is 61.2 Å². The maximum Gasteiger partial charge on any atom is 0.233 e. The summed E-state index contributed by atoms with van der Waals surface area (Å²) < 4.78 is 5.35. The molecule has 3 N–H and O–H groups in total. The average Bonchev–Trinajstić information content (AvgIpc) is 3.11. The zero-order valence-electron chi connectivity index (χ0n) is 16.7. The fourth-order valence-electron chi connectivity index (χ4n) is 2.86. The summed E-state index contributed by atoms with van der Waals surface area (Å²) >= 11 is 0. The zero-order valence-corrected chi connectivity index (χ0v) is 19.1. The minimum absolute atomic E-state index is 0. The van der Waals surface area contributed by atoms with E-state index < -0.39 is 0 Å². The van der Waals surface area contributed by atoms with E-state index in [0.717, 1.165) is 49.9 Å². The lowest BCUT2D eigenvalue weighted by molar-refractivity contribution is -0.122. The SMILES string of the molecule is CCNC(=NCc1cc(C(C)C)no1)NC1CCN(CC(=O)NC)CC1.I. The molecule has 2 rings (SSSR count). The number of nitrogens with one attached hydrogen (secondary N) is 3. The van der Waals surface area contributed by atoms with Crippen molar-refractivity contribution in [3.8, 4) is 0 Å². The van der Waals surface area contributed by atoms with Crippen molar-refractivity contribution in [1.82, 2.24) is 26.0 Å². The molecule has 27 heavy (non-hydrogen) atoms. The Hall–Kier alpha value is -1.36. The van der Waals surface area contributed by atoms with E-state index in [-0.39, 0.29) is 29.9 Å². The van der Waals surface area contributed by atoms with Crippen LogP contribution in [0.5, 0.6) is 0 Å². The third-order valence-electron chi connectivity index (χ3n) is 4.48. The lowest BCUT2D eigenvalue weighted by atomic mass is 10.1. The Kier molecular flexibility index (Phi) is 10.7. The maximum absolute atomic E-state index is 11.5. The molecule has 1 aromatic rings. The van der Waals surface area contributed by atoms with Crippen molar-refractivity contribution in [2.24, 2.45) is 4.99 Å². The molecular weight excluding hydrogens is 459 g/mol. The highest BCUT2D eigenvalue weighted by molar-refractivity contribution is 14.0. The standard InChI is InChI=1S/C18H32N6O2.HI/c1-5-20-18(21-11-15-10-16(13(2)3)23-26-15)22-14-6-8-24(9-7-14)12-17(25)19-4;/h10,13-14H,5-9,11-12H2,1-4H3,(H,19,25)(H2,20,21,22);1H. The normalized spacial score (nSPS) is 16.1. The maximum atomic E-state index is 11.5. The molecule has 154 valence electrons. The third-order valence-corrected chi connectivity index (χ3v) is 4.48. The number of guanidine groups is 1. The van der Waals surface area contributed by atoms with Crippen LogP contribution in [0.4, 0.5) is 0 Å². The molecule has 0 saturated carbocycles. The summed E-state index contributed by atoms with van der Waals surface area (Å²) in [5.74, 6) is 1.98. The Morgan fingerprint density at radius 1 is 1.41 bits per heavy atom. The van der Waals surface area contributed by atoms with Crippen molar-refractivity contribution in [2.45, 2.75) is 52.1 Å². The van der Waals surface area contributed by atoms with Gasteiger partial charge >= 0.3 is 0 Å². The van der Waals surface area contributed by atoms with E-state index >= 15 is 0 Å². The number of likely N-dealkylation sites (tertiary alicyclic amines) is 1. The Balaban J connectivity index is 0.00000364. The predicted octanol–water partition coefficient (Wildman–Crippen LogP) is 1.68. The molecular formula is C18H33IN6O2. The number of aromatic nitrogens is 1. The van der Waals surface area contributed by atoms with Crippen LogP contribution in [0.15, 0.2) is 15.6 Å². The largest absolute Gasteiger partial charge is 0.359 e. The fourth-order valence-corrected chi connectivity index (χ4v) is 2.86. The number of amides is 1. The molecule has 1 aliphatic rings. The first-order chi connectivity index (χ1) is 12.5. The number of carbonyl (C=O) groups is 1.